The fraction of sp³-hybridized carbons (Fsp3) is 0.667. The van der Waals surface area contributed by atoms with Crippen molar-refractivity contribution in [3.05, 3.63) is 24.5 Å². The van der Waals surface area contributed by atoms with Crippen LogP contribution in [0.1, 0.15) is 40.0 Å². The van der Waals surface area contributed by atoms with Crippen LogP contribution in [0.15, 0.2) is 24.5 Å². The number of hydrogen-bond acceptors (Lipinski definition) is 1. The van der Waals surface area contributed by atoms with Crippen molar-refractivity contribution in [2.45, 2.75) is 40.0 Å². The Hall–Kier alpha value is -0.720. The highest BCUT2D eigenvalue weighted by atomic mass is 16.5. The quantitative estimate of drug-likeness (QED) is 0.329. The lowest BCUT2D eigenvalue weighted by Crippen LogP contribution is -1.92. The average molecular weight is 182 g/mol. The third-order valence-corrected chi connectivity index (χ3v) is 2.04. The highest BCUT2D eigenvalue weighted by molar-refractivity contribution is 5.07. The number of ether oxygens (including phenoxy) is 1. The van der Waals surface area contributed by atoms with Gasteiger partial charge in [-0.3, -0.25) is 0 Å². The maximum atomic E-state index is 5.40. The van der Waals surface area contributed by atoms with E-state index in [1.54, 1.807) is 0 Å². The molecule has 0 fully saturated rings. The summed E-state index contributed by atoms with van der Waals surface area (Å²) in [5.74, 6) is 1.40. The molecule has 0 saturated heterocycles. The topological polar surface area (TPSA) is 9.23 Å². The second-order valence-corrected chi connectivity index (χ2v) is 3.41. The standard InChI is InChI=1S/C12H22O/c1-5-7-10-13-12(4)9-8-11(3)6-2/h8-9,11H,4-7,10H2,1-3H3/b9-8-. The first kappa shape index (κ1) is 12.3. The van der Waals surface area contributed by atoms with Crippen molar-refractivity contribution in [1.82, 2.24) is 0 Å². The van der Waals surface area contributed by atoms with Gasteiger partial charge in [0.15, 0.2) is 0 Å². The second-order valence-electron chi connectivity index (χ2n) is 3.41. The molecular formula is C12H22O. The highest BCUT2D eigenvalue weighted by Gasteiger charge is 1.92. The van der Waals surface area contributed by atoms with Gasteiger partial charge in [-0.05, 0) is 18.4 Å². The maximum Gasteiger partial charge on any atom is 0.111 e. The smallest absolute Gasteiger partial charge is 0.111 e. The van der Waals surface area contributed by atoms with Gasteiger partial charge < -0.3 is 4.74 Å². The summed E-state index contributed by atoms with van der Waals surface area (Å²) in [4.78, 5) is 0. The fourth-order valence-corrected chi connectivity index (χ4v) is 0.803. The summed E-state index contributed by atoms with van der Waals surface area (Å²) in [6.45, 7) is 11.1. The van der Waals surface area contributed by atoms with Crippen LogP contribution in [0.4, 0.5) is 0 Å². The van der Waals surface area contributed by atoms with E-state index in [1.165, 1.54) is 12.8 Å². The van der Waals surface area contributed by atoms with Crippen LogP contribution < -0.4 is 0 Å². The van der Waals surface area contributed by atoms with E-state index in [9.17, 15) is 0 Å². The van der Waals surface area contributed by atoms with Crippen LogP contribution in [-0.2, 0) is 4.74 Å². The number of allylic oxidation sites excluding steroid dienone is 2. The molecule has 0 aliphatic rings. The van der Waals surface area contributed by atoms with Crippen LogP contribution in [0.3, 0.4) is 0 Å². The van der Waals surface area contributed by atoms with E-state index in [0.717, 1.165) is 18.8 Å². The predicted octanol–water partition coefficient (Wildman–Crippen LogP) is 3.92. The molecule has 0 aliphatic carbocycles. The minimum absolute atomic E-state index is 0.617. The van der Waals surface area contributed by atoms with Gasteiger partial charge in [0.1, 0.15) is 5.76 Å². The number of unbranched alkanes of at least 4 members (excludes halogenated alkanes) is 1. The molecule has 0 rings (SSSR count). The molecule has 0 aromatic carbocycles. The maximum absolute atomic E-state index is 5.40. The lowest BCUT2D eigenvalue weighted by atomic mass is 10.1. The van der Waals surface area contributed by atoms with Gasteiger partial charge in [-0.25, -0.2) is 0 Å². The van der Waals surface area contributed by atoms with Crippen LogP contribution >= 0.6 is 0 Å². The van der Waals surface area contributed by atoms with E-state index in [0.29, 0.717) is 5.92 Å². The SMILES string of the molecule is C=C(/C=C\C(C)CC)OCCCC. The van der Waals surface area contributed by atoms with Gasteiger partial charge in [0, 0.05) is 0 Å². The molecule has 0 N–H and O–H groups in total. The van der Waals surface area contributed by atoms with Crippen molar-refractivity contribution >= 4 is 0 Å². The largest absolute Gasteiger partial charge is 0.494 e. The van der Waals surface area contributed by atoms with Crippen molar-refractivity contribution in [3.63, 3.8) is 0 Å². The van der Waals surface area contributed by atoms with Crippen LogP contribution in [0, 0.1) is 5.92 Å². The van der Waals surface area contributed by atoms with Crippen LogP contribution in [0.5, 0.6) is 0 Å². The molecule has 0 radical (unpaired) electrons. The molecule has 0 aliphatic heterocycles. The summed E-state index contributed by atoms with van der Waals surface area (Å²) in [6, 6.07) is 0. The van der Waals surface area contributed by atoms with E-state index >= 15 is 0 Å². The lowest BCUT2D eigenvalue weighted by molar-refractivity contribution is 0.220. The molecular weight excluding hydrogens is 160 g/mol. The van der Waals surface area contributed by atoms with E-state index in [1.807, 2.05) is 6.08 Å². The first-order valence-corrected chi connectivity index (χ1v) is 5.20. The normalized spacial score (nSPS) is 13.2. The summed E-state index contributed by atoms with van der Waals surface area (Å²) in [5.41, 5.74) is 0. The zero-order valence-corrected chi connectivity index (χ0v) is 9.18. The summed E-state index contributed by atoms with van der Waals surface area (Å²) >= 11 is 0. The van der Waals surface area contributed by atoms with Crippen molar-refractivity contribution in [2.75, 3.05) is 6.61 Å². The average Bonchev–Trinajstić information content (AvgIpc) is 2.14. The van der Waals surface area contributed by atoms with Crippen molar-refractivity contribution in [1.29, 1.82) is 0 Å². The number of rotatable bonds is 7. The van der Waals surface area contributed by atoms with E-state index in [2.05, 4.69) is 33.4 Å². The number of hydrogen-bond donors (Lipinski definition) is 0. The van der Waals surface area contributed by atoms with E-state index in [-0.39, 0.29) is 0 Å². The lowest BCUT2D eigenvalue weighted by Gasteiger charge is -2.05. The van der Waals surface area contributed by atoms with Crippen molar-refractivity contribution in [3.8, 4) is 0 Å². The van der Waals surface area contributed by atoms with Gasteiger partial charge in [-0.2, -0.15) is 0 Å². The molecule has 1 unspecified atom stereocenters. The van der Waals surface area contributed by atoms with E-state index < -0.39 is 0 Å². The van der Waals surface area contributed by atoms with Gasteiger partial charge in [0.25, 0.3) is 0 Å². The molecule has 0 spiro atoms. The Balaban J connectivity index is 3.55. The minimum Gasteiger partial charge on any atom is -0.494 e. The first-order valence-electron chi connectivity index (χ1n) is 5.20. The third kappa shape index (κ3) is 7.63. The Bertz CT molecular complexity index is 159. The Morgan fingerprint density at radius 3 is 2.69 bits per heavy atom. The van der Waals surface area contributed by atoms with Gasteiger partial charge in [-0.1, -0.05) is 46.3 Å². The van der Waals surface area contributed by atoms with Crippen molar-refractivity contribution in [2.24, 2.45) is 5.92 Å². The molecule has 0 heterocycles. The monoisotopic (exact) mass is 182 g/mol. The Morgan fingerprint density at radius 1 is 1.46 bits per heavy atom. The minimum atomic E-state index is 0.617. The van der Waals surface area contributed by atoms with Crippen LogP contribution in [0.2, 0.25) is 0 Å². The summed E-state index contributed by atoms with van der Waals surface area (Å²) < 4.78 is 5.40. The van der Waals surface area contributed by atoms with Crippen LogP contribution in [-0.4, -0.2) is 6.61 Å². The van der Waals surface area contributed by atoms with E-state index in [4.69, 9.17) is 4.74 Å². The van der Waals surface area contributed by atoms with Gasteiger partial charge >= 0.3 is 0 Å². The second kappa shape index (κ2) is 7.90. The molecule has 0 saturated carbocycles. The fourth-order valence-electron chi connectivity index (χ4n) is 0.803. The summed E-state index contributed by atoms with van der Waals surface area (Å²) in [6.07, 6.45) is 7.56. The van der Waals surface area contributed by atoms with Crippen molar-refractivity contribution < 1.29 is 4.74 Å². The molecule has 0 bridgehead atoms. The molecule has 1 atom stereocenters. The molecule has 1 nitrogen and oxygen atoms in total. The Kier molecular flexibility index (Phi) is 7.47. The Labute approximate surface area is 82.5 Å². The van der Waals surface area contributed by atoms with Gasteiger partial charge in [-0.15, -0.1) is 0 Å². The Morgan fingerprint density at radius 2 is 2.15 bits per heavy atom. The van der Waals surface area contributed by atoms with Gasteiger partial charge in [0.05, 0.1) is 6.61 Å². The predicted molar refractivity (Wildman–Crippen MR) is 58.6 cm³/mol. The molecule has 0 aromatic rings. The highest BCUT2D eigenvalue weighted by Crippen LogP contribution is 2.05. The molecule has 1 heteroatoms. The van der Waals surface area contributed by atoms with Crippen LogP contribution in [0.25, 0.3) is 0 Å². The summed E-state index contributed by atoms with van der Waals surface area (Å²) in [7, 11) is 0. The molecule has 0 amide bonds. The molecule has 76 valence electrons. The zero-order valence-electron chi connectivity index (χ0n) is 9.18. The summed E-state index contributed by atoms with van der Waals surface area (Å²) in [5, 5.41) is 0. The van der Waals surface area contributed by atoms with Gasteiger partial charge in [0.2, 0.25) is 0 Å². The first-order chi connectivity index (χ1) is 6.20. The zero-order chi connectivity index (χ0) is 10.1. The third-order valence-electron chi connectivity index (χ3n) is 2.04. The molecule has 0 aromatic heterocycles. The molecule has 13 heavy (non-hydrogen) atoms.